The van der Waals surface area contributed by atoms with Gasteiger partial charge in [0.15, 0.2) is 0 Å². The van der Waals surface area contributed by atoms with Crippen LogP contribution in [0, 0.1) is 6.92 Å². The molecule has 5 aromatic rings. The van der Waals surface area contributed by atoms with E-state index in [-0.39, 0.29) is 4.90 Å². The SMILES string of the molecule is Cc1cccc(-c2[nH]c(Cc3ccc(S(N)(=O)=O)cc3)nc2-c2ccc3nccnc3c2)n1. The molecule has 5 rings (SSSR count). The number of hydrogen-bond donors (Lipinski definition) is 2. The third kappa shape index (κ3) is 4.36. The third-order valence-electron chi connectivity index (χ3n) is 5.26. The summed E-state index contributed by atoms with van der Waals surface area (Å²) in [5, 5.41) is 5.20. The smallest absolute Gasteiger partial charge is 0.238 e. The number of nitrogens with one attached hydrogen (secondary N) is 1. The van der Waals surface area contributed by atoms with Crippen LogP contribution in [0.3, 0.4) is 0 Å². The van der Waals surface area contributed by atoms with Crippen LogP contribution >= 0.6 is 0 Å². The summed E-state index contributed by atoms with van der Waals surface area (Å²) in [7, 11) is -3.73. The number of aromatic amines is 1. The second kappa shape index (κ2) is 8.19. The van der Waals surface area contributed by atoms with Gasteiger partial charge in [-0.2, -0.15) is 0 Å². The number of H-pyrrole nitrogens is 1. The highest BCUT2D eigenvalue weighted by atomic mass is 32.2. The minimum atomic E-state index is -3.73. The minimum Gasteiger partial charge on any atom is -0.340 e. The lowest BCUT2D eigenvalue weighted by molar-refractivity contribution is 0.598. The Hall–Kier alpha value is -3.95. The van der Waals surface area contributed by atoms with Crippen molar-refractivity contribution in [1.29, 1.82) is 0 Å². The Morgan fingerprint density at radius 3 is 2.39 bits per heavy atom. The molecule has 0 saturated heterocycles. The second-order valence-corrected chi connectivity index (χ2v) is 9.26. The molecule has 164 valence electrons. The van der Waals surface area contributed by atoms with E-state index in [0.29, 0.717) is 6.42 Å². The molecule has 0 aliphatic carbocycles. The quantitative estimate of drug-likeness (QED) is 0.416. The number of sulfonamides is 1. The highest BCUT2D eigenvalue weighted by Crippen LogP contribution is 2.31. The molecular weight excluding hydrogens is 436 g/mol. The highest BCUT2D eigenvalue weighted by molar-refractivity contribution is 7.89. The van der Waals surface area contributed by atoms with Gasteiger partial charge in [-0.3, -0.25) is 15.0 Å². The standard InChI is InChI=1S/C24H20N6O2S/c1-15-3-2-4-20(28-15)24-23(17-7-10-19-21(14-17)27-12-11-26-19)29-22(30-24)13-16-5-8-18(9-6-16)33(25,31)32/h2-12,14H,13H2,1H3,(H,29,30)(H2,25,31,32). The number of rotatable bonds is 5. The predicted molar refractivity (Wildman–Crippen MR) is 126 cm³/mol. The van der Waals surface area contributed by atoms with E-state index in [1.807, 2.05) is 43.3 Å². The Morgan fingerprint density at radius 2 is 1.67 bits per heavy atom. The van der Waals surface area contributed by atoms with Crippen molar-refractivity contribution in [3.63, 3.8) is 0 Å². The molecule has 8 nitrogen and oxygen atoms in total. The molecule has 0 aliphatic heterocycles. The number of benzene rings is 2. The van der Waals surface area contributed by atoms with Crippen molar-refractivity contribution in [2.45, 2.75) is 18.2 Å². The van der Waals surface area contributed by atoms with Crippen molar-refractivity contribution in [3.8, 4) is 22.6 Å². The Balaban J connectivity index is 1.58. The molecule has 0 amide bonds. The summed E-state index contributed by atoms with van der Waals surface area (Å²) in [4.78, 5) is 21.8. The zero-order chi connectivity index (χ0) is 23.0. The van der Waals surface area contributed by atoms with Gasteiger partial charge in [0, 0.05) is 30.1 Å². The van der Waals surface area contributed by atoms with Gasteiger partial charge >= 0.3 is 0 Å². The molecule has 0 fully saturated rings. The topological polar surface area (TPSA) is 128 Å². The molecule has 0 radical (unpaired) electrons. The van der Waals surface area contributed by atoms with Crippen LogP contribution in [0.15, 0.2) is 78.0 Å². The van der Waals surface area contributed by atoms with Gasteiger partial charge in [-0.05, 0) is 48.9 Å². The first-order valence-corrected chi connectivity index (χ1v) is 11.8. The highest BCUT2D eigenvalue weighted by Gasteiger charge is 2.17. The van der Waals surface area contributed by atoms with Crippen molar-refractivity contribution >= 4 is 21.1 Å². The fraction of sp³-hybridized carbons (Fsp3) is 0.0833. The van der Waals surface area contributed by atoms with Crippen LogP contribution in [0.4, 0.5) is 0 Å². The van der Waals surface area contributed by atoms with Gasteiger partial charge in [0.05, 0.1) is 33.0 Å². The summed E-state index contributed by atoms with van der Waals surface area (Å²) in [6, 6.07) is 18.2. The van der Waals surface area contributed by atoms with Gasteiger partial charge < -0.3 is 4.98 Å². The number of nitrogens with zero attached hydrogens (tertiary/aromatic N) is 4. The molecule has 3 N–H and O–H groups in total. The first-order valence-electron chi connectivity index (χ1n) is 10.2. The fourth-order valence-corrected chi connectivity index (χ4v) is 4.20. The number of aryl methyl sites for hydroxylation is 1. The van der Waals surface area contributed by atoms with E-state index >= 15 is 0 Å². The molecule has 0 bridgehead atoms. The molecule has 3 aromatic heterocycles. The van der Waals surface area contributed by atoms with Gasteiger partial charge in [0.2, 0.25) is 10.0 Å². The molecular formula is C24H20N6O2S. The Kier molecular flexibility index (Phi) is 5.20. The average molecular weight is 457 g/mol. The Labute approximate surface area is 190 Å². The second-order valence-electron chi connectivity index (χ2n) is 7.70. The lowest BCUT2D eigenvalue weighted by Gasteiger charge is -2.04. The summed E-state index contributed by atoms with van der Waals surface area (Å²) >= 11 is 0. The van der Waals surface area contributed by atoms with Crippen molar-refractivity contribution < 1.29 is 8.42 Å². The molecule has 0 aliphatic rings. The molecule has 0 saturated carbocycles. The third-order valence-corrected chi connectivity index (χ3v) is 6.19. The number of fused-ring (bicyclic) bond motifs is 1. The van der Waals surface area contributed by atoms with Crippen LogP contribution < -0.4 is 5.14 Å². The molecule has 0 spiro atoms. The molecule has 2 aromatic carbocycles. The minimum absolute atomic E-state index is 0.0771. The summed E-state index contributed by atoms with van der Waals surface area (Å²) in [6.07, 6.45) is 3.81. The van der Waals surface area contributed by atoms with E-state index in [4.69, 9.17) is 10.1 Å². The van der Waals surface area contributed by atoms with E-state index in [9.17, 15) is 8.42 Å². The summed E-state index contributed by atoms with van der Waals surface area (Å²) in [5.41, 5.74) is 6.63. The van der Waals surface area contributed by atoms with Gasteiger partial charge in [0.25, 0.3) is 0 Å². The number of aromatic nitrogens is 5. The van der Waals surface area contributed by atoms with Gasteiger partial charge in [-0.1, -0.05) is 24.3 Å². The van der Waals surface area contributed by atoms with Crippen molar-refractivity contribution in [3.05, 3.63) is 90.1 Å². The van der Waals surface area contributed by atoms with E-state index in [1.54, 1.807) is 24.5 Å². The van der Waals surface area contributed by atoms with E-state index in [0.717, 1.165) is 50.8 Å². The molecule has 33 heavy (non-hydrogen) atoms. The molecule has 0 unspecified atom stereocenters. The number of primary sulfonamides is 1. The van der Waals surface area contributed by atoms with Gasteiger partial charge in [-0.15, -0.1) is 0 Å². The fourth-order valence-electron chi connectivity index (χ4n) is 3.68. The van der Waals surface area contributed by atoms with Gasteiger partial charge in [-0.25, -0.2) is 18.5 Å². The van der Waals surface area contributed by atoms with E-state index in [2.05, 4.69) is 19.9 Å². The van der Waals surface area contributed by atoms with Crippen molar-refractivity contribution in [2.24, 2.45) is 5.14 Å². The largest absolute Gasteiger partial charge is 0.340 e. The Bertz CT molecular complexity index is 1580. The molecule has 3 heterocycles. The number of nitrogens with two attached hydrogens (primary N) is 1. The van der Waals surface area contributed by atoms with Crippen molar-refractivity contribution in [2.75, 3.05) is 0 Å². The number of pyridine rings is 1. The summed E-state index contributed by atoms with van der Waals surface area (Å²) < 4.78 is 23.1. The summed E-state index contributed by atoms with van der Waals surface area (Å²) in [5.74, 6) is 0.728. The maximum atomic E-state index is 11.5. The van der Waals surface area contributed by atoms with Crippen LogP contribution in [-0.4, -0.2) is 33.3 Å². The first kappa shape index (κ1) is 20.9. The predicted octanol–water partition coefficient (Wildman–Crippen LogP) is 3.63. The van der Waals surface area contributed by atoms with Crippen LogP contribution in [0.5, 0.6) is 0 Å². The van der Waals surface area contributed by atoms with E-state index in [1.165, 1.54) is 12.1 Å². The zero-order valence-electron chi connectivity index (χ0n) is 17.7. The maximum absolute atomic E-state index is 11.5. The average Bonchev–Trinajstić information content (AvgIpc) is 3.22. The lowest BCUT2D eigenvalue weighted by atomic mass is 10.1. The first-order chi connectivity index (χ1) is 15.9. The number of imidazole rings is 1. The monoisotopic (exact) mass is 456 g/mol. The van der Waals surface area contributed by atoms with Crippen molar-refractivity contribution in [1.82, 2.24) is 24.9 Å². The molecule has 0 atom stereocenters. The summed E-state index contributed by atoms with van der Waals surface area (Å²) in [6.45, 7) is 1.94. The number of hydrogen-bond acceptors (Lipinski definition) is 6. The molecule has 9 heteroatoms. The lowest BCUT2D eigenvalue weighted by Crippen LogP contribution is -2.11. The van der Waals surface area contributed by atoms with Crippen LogP contribution in [0.2, 0.25) is 0 Å². The van der Waals surface area contributed by atoms with Crippen LogP contribution in [-0.2, 0) is 16.4 Å². The zero-order valence-corrected chi connectivity index (χ0v) is 18.5. The maximum Gasteiger partial charge on any atom is 0.238 e. The van der Waals surface area contributed by atoms with Crippen LogP contribution in [0.25, 0.3) is 33.7 Å². The normalized spacial score (nSPS) is 11.7. The van der Waals surface area contributed by atoms with Crippen LogP contribution in [0.1, 0.15) is 17.1 Å². The van der Waals surface area contributed by atoms with E-state index < -0.39 is 10.0 Å². The van der Waals surface area contributed by atoms with Gasteiger partial charge in [0.1, 0.15) is 5.82 Å². The Morgan fingerprint density at radius 1 is 0.909 bits per heavy atom.